The van der Waals surface area contributed by atoms with E-state index in [0.717, 1.165) is 82.7 Å². The molecule has 46 heavy (non-hydrogen) atoms. The summed E-state index contributed by atoms with van der Waals surface area (Å²) < 4.78 is 12.1. The van der Waals surface area contributed by atoms with E-state index in [1.54, 1.807) is 0 Å². The highest BCUT2D eigenvalue weighted by molar-refractivity contribution is 6.23. The Morgan fingerprint density at radius 1 is 0.978 bits per heavy atom. The van der Waals surface area contributed by atoms with Gasteiger partial charge < -0.3 is 25.0 Å². The number of Topliss-reactive ketones (excluding diaryl/α,β-unsaturated/α-hetero) is 2. The van der Waals surface area contributed by atoms with Gasteiger partial charge in [-0.2, -0.15) is 0 Å². The Bertz CT molecular complexity index is 1170. The van der Waals surface area contributed by atoms with Gasteiger partial charge in [0.25, 0.3) is 5.60 Å². The van der Waals surface area contributed by atoms with Gasteiger partial charge in [0.1, 0.15) is 12.8 Å². The molecule has 9 nitrogen and oxygen atoms in total. The van der Waals surface area contributed by atoms with E-state index in [1.807, 2.05) is 6.92 Å². The molecule has 0 radical (unpaired) electrons. The number of nitrogens with two attached hydrogens (primary N) is 2. The smallest absolute Gasteiger partial charge is 0.350 e. The van der Waals surface area contributed by atoms with Crippen LogP contribution in [0.5, 0.6) is 0 Å². The molecule has 258 valence electrons. The molecule has 0 aromatic heterocycles. The molecule has 0 bridgehead atoms. The lowest BCUT2D eigenvalue weighted by Crippen LogP contribution is -2.94. The third kappa shape index (κ3) is 6.28. The fraction of sp³-hybridized carbons (Fsp3) is 0.865. The van der Waals surface area contributed by atoms with Gasteiger partial charge >= 0.3 is 5.97 Å². The maximum absolute atomic E-state index is 14.3. The molecule has 7 unspecified atom stereocenters. The molecule has 6 aliphatic rings. The van der Waals surface area contributed by atoms with E-state index in [1.165, 1.54) is 32.1 Å². The van der Waals surface area contributed by atoms with Crippen molar-refractivity contribution in [3.8, 4) is 0 Å². The standard InChI is InChI=1S/C37H58N2O7/c1-24(13-14-25-15-18-39-31(38)19-25)27(22-40)21-36-32(42)28-11-5-6-12-29(28)33(43)37(36,46-36)34(44)45-23-30(41)35(16-7-8-17-35)20-26-9-3-2-4-10-26/h25-26,28-31,39-41H,2-23,38H2,1H3/p+1. The number of epoxide rings is 1. The Balaban J connectivity index is 1.19. The van der Waals surface area contributed by atoms with Crippen molar-refractivity contribution in [1.82, 2.24) is 0 Å². The van der Waals surface area contributed by atoms with Crippen molar-refractivity contribution in [2.45, 2.75) is 152 Å². The topological polar surface area (TPSA) is 156 Å². The summed E-state index contributed by atoms with van der Waals surface area (Å²) in [6, 6.07) is 0. The first kappa shape index (κ1) is 34.2. The predicted octanol–water partition coefficient (Wildman–Crippen LogP) is 3.62. The van der Waals surface area contributed by atoms with Gasteiger partial charge in [-0.15, -0.1) is 0 Å². The summed E-state index contributed by atoms with van der Waals surface area (Å²) in [5.41, 5.74) is 3.91. The number of esters is 1. The van der Waals surface area contributed by atoms with E-state index in [2.05, 4.69) is 5.32 Å². The third-order valence-electron chi connectivity index (χ3n) is 13.3. The third-order valence-corrected chi connectivity index (χ3v) is 13.3. The highest BCUT2D eigenvalue weighted by Gasteiger charge is 2.87. The molecular weight excluding hydrogens is 584 g/mol. The fourth-order valence-corrected chi connectivity index (χ4v) is 10.4. The van der Waals surface area contributed by atoms with Crippen molar-refractivity contribution in [3.05, 3.63) is 11.1 Å². The van der Waals surface area contributed by atoms with Gasteiger partial charge in [-0.05, 0) is 81.1 Å². The Morgan fingerprint density at radius 3 is 2.33 bits per heavy atom. The van der Waals surface area contributed by atoms with Crippen molar-refractivity contribution in [3.63, 3.8) is 0 Å². The normalized spacial score (nSPS) is 37.2. The quantitative estimate of drug-likeness (QED) is 0.109. The molecule has 4 saturated carbocycles. The van der Waals surface area contributed by atoms with Crippen molar-refractivity contribution >= 4 is 17.5 Å². The zero-order valence-electron chi connectivity index (χ0n) is 28.1. The van der Waals surface area contributed by atoms with Crippen LogP contribution in [0, 0.1) is 29.1 Å². The second-order valence-electron chi connectivity index (χ2n) is 16.1. The van der Waals surface area contributed by atoms with Gasteiger partial charge in [-0.25, -0.2) is 4.79 Å². The number of carbonyl (C=O) groups is 3. The average molecular weight is 644 g/mol. The summed E-state index contributed by atoms with van der Waals surface area (Å²) in [6.45, 7) is 2.53. The average Bonchev–Trinajstić information content (AvgIpc) is 3.55. The lowest BCUT2D eigenvalue weighted by molar-refractivity contribution is -0.699. The first-order valence-corrected chi connectivity index (χ1v) is 18.7. The van der Waals surface area contributed by atoms with E-state index >= 15 is 0 Å². The van der Waals surface area contributed by atoms with Crippen LogP contribution in [0.15, 0.2) is 11.1 Å². The predicted molar refractivity (Wildman–Crippen MR) is 172 cm³/mol. The van der Waals surface area contributed by atoms with E-state index in [-0.39, 0.29) is 42.8 Å². The number of carbonyl (C=O) groups excluding carboxylic acids is 3. The van der Waals surface area contributed by atoms with Gasteiger partial charge in [0.05, 0.1) is 19.3 Å². The number of ether oxygens (including phenoxy) is 2. The summed E-state index contributed by atoms with van der Waals surface area (Å²) in [6.07, 6.45) is 17.0. The number of rotatable bonds is 12. The molecule has 2 saturated heterocycles. The zero-order valence-corrected chi connectivity index (χ0v) is 28.1. The number of fused-ring (bicyclic) bond motifs is 2. The van der Waals surface area contributed by atoms with Crippen LogP contribution in [-0.4, -0.2) is 71.0 Å². The summed E-state index contributed by atoms with van der Waals surface area (Å²) in [5.74, 6) is -1.27. The molecule has 2 heterocycles. The number of aliphatic hydroxyl groups excluding tert-OH is 2. The van der Waals surface area contributed by atoms with Crippen LogP contribution in [0.25, 0.3) is 0 Å². The molecule has 0 aromatic rings. The molecule has 4 aliphatic carbocycles. The minimum absolute atomic E-state index is 0.0182. The Labute approximate surface area is 274 Å². The van der Waals surface area contributed by atoms with Crippen LogP contribution in [0.3, 0.4) is 0 Å². The summed E-state index contributed by atoms with van der Waals surface area (Å²) in [5, 5.41) is 24.3. The number of allylic oxidation sites excluding steroid dienone is 1. The minimum atomic E-state index is -1.98. The van der Waals surface area contributed by atoms with Gasteiger partial charge in [0.15, 0.2) is 17.2 Å². The molecule has 6 fully saturated rings. The van der Waals surface area contributed by atoms with Crippen LogP contribution in [-0.2, 0) is 23.9 Å². The highest BCUT2D eigenvalue weighted by atomic mass is 16.7. The van der Waals surface area contributed by atoms with Crippen molar-refractivity contribution in [2.24, 2.45) is 34.8 Å². The molecule has 6 N–H and O–H groups in total. The molecule has 0 aromatic carbocycles. The second-order valence-corrected chi connectivity index (χ2v) is 16.1. The number of quaternary nitrogens is 1. The van der Waals surface area contributed by atoms with Crippen molar-refractivity contribution < 1.29 is 39.4 Å². The Kier molecular flexibility index (Phi) is 10.5. The Hall–Kier alpha value is -1.65. The molecule has 0 amide bonds. The maximum atomic E-state index is 14.3. The first-order chi connectivity index (χ1) is 22.2. The minimum Gasteiger partial charge on any atom is -0.460 e. The van der Waals surface area contributed by atoms with Gasteiger partial charge in [0, 0.05) is 24.7 Å². The van der Waals surface area contributed by atoms with Crippen LogP contribution in [0.2, 0.25) is 0 Å². The maximum Gasteiger partial charge on any atom is 0.350 e. The number of piperidine rings is 1. The van der Waals surface area contributed by atoms with Crippen LogP contribution in [0.4, 0.5) is 0 Å². The second kappa shape index (κ2) is 14.1. The molecule has 0 spiro atoms. The van der Waals surface area contributed by atoms with E-state index in [4.69, 9.17) is 15.2 Å². The molecule has 9 heteroatoms. The number of ketones is 2. The van der Waals surface area contributed by atoms with Crippen LogP contribution in [0.1, 0.15) is 129 Å². The summed E-state index contributed by atoms with van der Waals surface area (Å²) in [7, 11) is 0. The van der Waals surface area contributed by atoms with Crippen LogP contribution < -0.4 is 11.1 Å². The number of hydrogen-bond acceptors (Lipinski definition) is 8. The van der Waals surface area contributed by atoms with E-state index in [0.29, 0.717) is 30.3 Å². The zero-order chi connectivity index (χ0) is 32.5. The summed E-state index contributed by atoms with van der Waals surface area (Å²) >= 11 is 0. The SMILES string of the molecule is CC(CCC1CC[NH2+]C(N)C1)=C(CO)CC12OC1(C(=O)OCC(O)C1(CC3CCCCC3)CCCC1)C(=O)C1CCCCC1C2=O. The lowest BCUT2D eigenvalue weighted by atomic mass is 9.60. The summed E-state index contributed by atoms with van der Waals surface area (Å²) in [4.78, 5) is 42.6. The van der Waals surface area contributed by atoms with Gasteiger partial charge in [0.2, 0.25) is 0 Å². The number of hydrogen-bond donors (Lipinski definition) is 4. The van der Waals surface area contributed by atoms with E-state index < -0.39 is 35.1 Å². The molecule has 7 atom stereocenters. The monoisotopic (exact) mass is 643 g/mol. The van der Waals surface area contributed by atoms with Crippen molar-refractivity contribution in [1.29, 1.82) is 0 Å². The van der Waals surface area contributed by atoms with Gasteiger partial charge in [-0.1, -0.05) is 63.4 Å². The van der Waals surface area contributed by atoms with Crippen molar-refractivity contribution in [2.75, 3.05) is 19.8 Å². The van der Waals surface area contributed by atoms with E-state index in [9.17, 15) is 24.6 Å². The highest BCUT2D eigenvalue weighted by Crippen LogP contribution is 2.62. The molecule has 6 rings (SSSR count). The fourth-order valence-electron chi connectivity index (χ4n) is 10.4. The van der Waals surface area contributed by atoms with Gasteiger partial charge in [-0.3, -0.25) is 15.3 Å². The molecule has 2 aliphatic heterocycles. The largest absolute Gasteiger partial charge is 0.460 e. The Morgan fingerprint density at radius 2 is 1.65 bits per heavy atom. The first-order valence-electron chi connectivity index (χ1n) is 18.7. The van der Waals surface area contributed by atoms with Crippen LogP contribution >= 0.6 is 0 Å². The number of aliphatic hydroxyl groups is 2. The molecular formula is C37H59N2O7+. The lowest BCUT2D eigenvalue weighted by Gasteiger charge is -2.39.